The highest BCUT2D eigenvalue weighted by atomic mass is 32.1. The number of ether oxygens (including phenoxy) is 1. The van der Waals surface area contributed by atoms with Crippen molar-refractivity contribution in [1.29, 1.82) is 0 Å². The first-order chi connectivity index (χ1) is 4.86. The summed E-state index contributed by atoms with van der Waals surface area (Å²) in [5.41, 5.74) is 1.29. The van der Waals surface area contributed by atoms with Crippen LogP contribution in [0.1, 0.15) is 6.42 Å². The smallest absolute Gasteiger partial charge is 0.0789 e. The molecule has 0 saturated heterocycles. The number of hydrogen-bond acceptors (Lipinski definition) is 2. The van der Waals surface area contributed by atoms with Gasteiger partial charge >= 0.3 is 0 Å². The molecule has 0 saturated carbocycles. The molecule has 0 radical (unpaired) electrons. The summed E-state index contributed by atoms with van der Waals surface area (Å²) in [6.45, 7) is 0. The molecule has 2 heteroatoms. The molecule has 1 aliphatic carbocycles. The van der Waals surface area contributed by atoms with Crippen molar-refractivity contribution in [2.45, 2.75) is 12.5 Å². The van der Waals surface area contributed by atoms with Gasteiger partial charge in [-0.2, -0.15) is 12.6 Å². The second-order valence-electron chi connectivity index (χ2n) is 2.31. The summed E-state index contributed by atoms with van der Waals surface area (Å²) < 4.78 is 5.13. The van der Waals surface area contributed by atoms with Gasteiger partial charge in [-0.15, -0.1) is 0 Å². The molecule has 0 aromatic rings. The van der Waals surface area contributed by atoms with Crippen molar-refractivity contribution in [1.82, 2.24) is 0 Å². The third-order valence-corrected chi connectivity index (χ3v) is 1.99. The fourth-order valence-corrected chi connectivity index (χ4v) is 1.17. The van der Waals surface area contributed by atoms with Crippen LogP contribution in [0.25, 0.3) is 0 Å². The Bertz CT molecular complexity index is 161. The van der Waals surface area contributed by atoms with Crippen LogP contribution < -0.4 is 0 Å². The van der Waals surface area contributed by atoms with Crippen molar-refractivity contribution in [2.75, 3.05) is 12.9 Å². The maximum absolute atomic E-state index is 5.13. The van der Waals surface area contributed by atoms with Gasteiger partial charge in [0.05, 0.1) is 6.10 Å². The molecule has 1 rings (SSSR count). The van der Waals surface area contributed by atoms with Crippen LogP contribution in [-0.2, 0) is 4.74 Å². The molecule has 0 unspecified atom stereocenters. The Hall–Kier alpha value is -0.210. The molecular formula is C8H12OS. The Kier molecular flexibility index (Phi) is 3.03. The van der Waals surface area contributed by atoms with Crippen molar-refractivity contribution in [3.63, 3.8) is 0 Å². The third kappa shape index (κ3) is 1.89. The fourth-order valence-electron chi connectivity index (χ4n) is 0.937. The number of hydrogen-bond donors (Lipinski definition) is 1. The fraction of sp³-hybridized carbons (Fsp3) is 0.500. The Morgan fingerprint density at radius 1 is 1.80 bits per heavy atom. The molecule has 0 amide bonds. The van der Waals surface area contributed by atoms with E-state index in [-0.39, 0.29) is 6.10 Å². The average molecular weight is 156 g/mol. The van der Waals surface area contributed by atoms with Gasteiger partial charge in [-0.05, 0) is 12.0 Å². The van der Waals surface area contributed by atoms with Gasteiger partial charge in [-0.3, -0.25) is 0 Å². The lowest BCUT2D eigenvalue weighted by atomic mass is 10.1. The van der Waals surface area contributed by atoms with E-state index in [9.17, 15) is 0 Å². The van der Waals surface area contributed by atoms with Crippen molar-refractivity contribution in [3.05, 3.63) is 23.8 Å². The van der Waals surface area contributed by atoms with Crippen molar-refractivity contribution in [3.8, 4) is 0 Å². The van der Waals surface area contributed by atoms with Gasteiger partial charge in [0.1, 0.15) is 0 Å². The Labute approximate surface area is 67.2 Å². The summed E-state index contributed by atoms with van der Waals surface area (Å²) in [6.07, 6.45) is 7.59. The van der Waals surface area contributed by atoms with Crippen molar-refractivity contribution < 1.29 is 4.74 Å². The standard InChI is InChI=1S/C8H12OS/c1-9-8-4-2-7(6-10)3-5-8/h2-4,8,10H,5-6H2,1H3/t8-/m1/s1. The zero-order chi connectivity index (χ0) is 7.40. The summed E-state index contributed by atoms with van der Waals surface area (Å²) >= 11 is 4.16. The summed E-state index contributed by atoms with van der Waals surface area (Å²) in [7, 11) is 1.73. The molecule has 0 aromatic carbocycles. The van der Waals surface area contributed by atoms with Crippen LogP contribution in [-0.4, -0.2) is 19.0 Å². The van der Waals surface area contributed by atoms with Gasteiger partial charge in [-0.25, -0.2) is 0 Å². The van der Waals surface area contributed by atoms with Gasteiger partial charge in [0.15, 0.2) is 0 Å². The van der Waals surface area contributed by atoms with Crippen LogP contribution >= 0.6 is 12.6 Å². The van der Waals surface area contributed by atoms with Gasteiger partial charge in [0, 0.05) is 12.9 Å². The highest BCUT2D eigenvalue weighted by Crippen LogP contribution is 2.12. The largest absolute Gasteiger partial charge is 0.377 e. The first-order valence-corrected chi connectivity index (χ1v) is 4.01. The number of rotatable bonds is 2. The predicted octanol–water partition coefficient (Wildman–Crippen LogP) is 1.82. The second-order valence-corrected chi connectivity index (χ2v) is 2.62. The molecule has 10 heavy (non-hydrogen) atoms. The number of allylic oxidation sites excluding steroid dienone is 1. The molecule has 0 bridgehead atoms. The minimum Gasteiger partial charge on any atom is -0.377 e. The van der Waals surface area contributed by atoms with Gasteiger partial charge < -0.3 is 4.74 Å². The summed E-state index contributed by atoms with van der Waals surface area (Å²) in [6, 6.07) is 0. The Morgan fingerprint density at radius 2 is 2.60 bits per heavy atom. The van der Waals surface area contributed by atoms with E-state index < -0.39 is 0 Å². The lowest BCUT2D eigenvalue weighted by Crippen LogP contribution is -2.08. The monoisotopic (exact) mass is 156 g/mol. The van der Waals surface area contributed by atoms with E-state index in [1.807, 2.05) is 0 Å². The lowest BCUT2D eigenvalue weighted by Gasteiger charge is -2.12. The maximum Gasteiger partial charge on any atom is 0.0789 e. The van der Waals surface area contributed by atoms with E-state index in [4.69, 9.17) is 4.74 Å². The molecule has 1 nitrogen and oxygen atoms in total. The zero-order valence-electron chi connectivity index (χ0n) is 6.08. The molecule has 56 valence electrons. The Balaban J connectivity index is 2.46. The van der Waals surface area contributed by atoms with Crippen LogP contribution in [0.5, 0.6) is 0 Å². The van der Waals surface area contributed by atoms with E-state index in [2.05, 4.69) is 30.9 Å². The van der Waals surface area contributed by atoms with Crippen LogP contribution in [0.15, 0.2) is 23.8 Å². The highest BCUT2D eigenvalue weighted by molar-refractivity contribution is 7.80. The topological polar surface area (TPSA) is 9.23 Å². The van der Waals surface area contributed by atoms with Crippen LogP contribution in [0.4, 0.5) is 0 Å². The highest BCUT2D eigenvalue weighted by Gasteiger charge is 2.04. The molecule has 0 aromatic heterocycles. The molecule has 0 heterocycles. The van der Waals surface area contributed by atoms with E-state index in [0.29, 0.717) is 0 Å². The van der Waals surface area contributed by atoms with Crippen LogP contribution in [0.2, 0.25) is 0 Å². The first kappa shape index (κ1) is 7.89. The summed E-state index contributed by atoms with van der Waals surface area (Å²) in [5, 5.41) is 0. The predicted molar refractivity (Wildman–Crippen MR) is 46.5 cm³/mol. The van der Waals surface area contributed by atoms with Gasteiger partial charge in [-0.1, -0.05) is 18.2 Å². The second kappa shape index (κ2) is 3.84. The van der Waals surface area contributed by atoms with Gasteiger partial charge in [0.2, 0.25) is 0 Å². The van der Waals surface area contributed by atoms with E-state index in [1.165, 1.54) is 5.57 Å². The quantitative estimate of drug-likeness (QED) is 0.600. The van der Waals surface area contributed by atoms with Gasteiger partial charge in [0.25, 0.3) is 0 Å². The van der Waals surface area contributed by atoms with E-state index in [0.717, 1.165) is 12.2 Å². The van der Waals surface area contributed by atoms with Crippen molar-refractivity contribution in [2.24, 2.45) is 0 Å². The van der Waals surface area contributed by atoms with Crippen molar-refractivity contribution >= 4 is 12.6 Å². The molecule has 0 aliphatic heterocycles. The SMILES string of the molecule is CO[C@@H]1C=CC(CS)=CC1. The molecular weight excluding hydrogens is 144 g/mol. The molecule has 0 fully saturated rings. The van der Waals surface area contributed by atoms with E-state index in [1.54, 1.807) is 7.11 Å². The number of methoxy groups -OCH3 is 1. The minimum absolute atomic E-state index is 0.281. The molecule has 1 aliphatic rings. The summed E-state index contributed by atoms with van der Waals surface area (Å²) in [5.74, 6) is 0.826. The number of thiol groups is 1. The van der Waals surface area contributed by atoms with E-state index >= 15 is 0 Å². The maximum atomic E-state index is 5.13. The van der Waals surface area contributed by atoms with Crippen LogP contribution in [0, 0.1) is 0 Å². The zero-order valence-corrected chi connectivity index (χ0v) is 6.97. The molecule has 0 N–H and O–H groups in total. The molecule has 1 atom stereocenters. The Morgan fingerprint density at radius 3 is 3.00 bits per heavy atom. The van der Waals surface area contributed by atoms with Crippen LogP contribution in [0.3, 0.4) is 0 Å². The third-order valence-electron chi connectivity index (χ3n) is 1.62. The average Bonchev–Trinajstić information content (AvgIpc) is 2.05. The minimum atomic E-state index is 0.281. The normalized spacial score (nSPS) is 24.6. The lowest BCUT2D eigenvalue weighted by molar-refractivity contribution is 0.142. The summed E-state index contributed by atoms with van der Waals surface area (Å²) in [4.78, 5) is 0. The first-order valence-electron chi connectivity index (χ1n) is 3.37. The molecule has 0 spiro atoms.